The molecule has 2 aromatic rings. The first-order valence-electron chi connectivity index (χ1n) is 7.15. The maximum absolute atomic E-state index is 12.5. The monoisotopic (exact) mass is 319 g/mol. The summed E-state index contributed by atoms with van der Waals surface area (Å²) in [5.41, 5.74) is 1.36. The summed E-state index contributed by atoms with van der Waals surface area (Å²) in [6, 6.07) is 3.75. The van der Waals surface area contributed by atoms with Gasteiger partial charge in [0.15, 0.2) is 0 Å². The maximum Gasteiger partial charge on any atom is 0.326 e. The van der Waals surface area contributed by atoms with E-state index in [1.54, 1.807) is 28.8 Å². The van der Waals surface area contributed by atoms with Crippen LogP contribution in [-0.2, 0) is 16.0 Å². The number of pyridine rings is 1. The van der Waals surface area contributed by atoms with E-state index in [2.05, 4.69) is 10.3 Å². The van der Waals surface area contributed by atoms with Crippen molar-refractivity contribution in [1.82, 2.24) is 14.7 Å². The van der Waals surface area contributed by atoms with Gasteiger partial charge in [-0.1, -0.05) is 19.4 Å². The minimum absolute atomic E-state index is 0.235. The molecule has 1 unspecified atom stereocenters. The number of hydrogen-bond donors (Lipinski definition) is 3. The standard InChI is InChI=1S/C15H17N3O5/c1-2-5-9-13(18-7-4-3-6-11(18)16-9)14(21)17-10(15(22)23)8-12(19)20/h3-4,6-7,10H,2,5,8H2,1H3,(H,17,21)(H,19,20)(H,22,23). The third kappa shape index (κ3) is 3.65. The lowest BCUT2D eigenvalue weighted by Gasteiger charge is -2.13. The summed E-state index contributed by atoms with van der Waals surface area (Å²) in [6.07, 6.45) is 2.28. The molecule has 23 heavy (non-hydrogen) atoms. The van der Waals surface area contributed by atoms with Gasteiger partial charge in [0.1, 0.15) is 17.4 Å². The van der Waals surface area contributed by atoms with Crippen molar-refractivity contribution in [1.29, 1.82) is 0 Å². The van der Waals surface area contributed by atoms with Crippen molar-refractivity contribution < 1.29 is 24.6 Å². The number of rotatable bonds is 7. The molecule has 122 valence electrons. The number of carbonyl (C=O) groups excluding carboxylic acids is 1. The van der Waals surface area contributed by atoms with E-state index in [0.29, 0.717) is 17.8 Å². The normalized spacial score (nSPS) is 12.0. The maximum atomic E-state index is 12.5. The fraction of sp³-hybridized carbons (Fsp3) is 0.333. The Morgan fingerprint density at radius 2 is 2.04 bits per heavy atom. The molecular weight excluding hydrogens is 302 g/mol. The Balaban J connectivity index is 2.37. The Kier molecular flexibility index (Phi) is 4.95. The van der Waals surface area contributed by atoms with E-state index in [1.807, 2.05) is 6.92 Å². The Hall–Kier alpha value is -2.90. The average Bonchev–Trinajstić information content (AvgIpc) is 2.84. The van der Waals surface area contributed by atoms with E-state index in [9.17, 15) is 14.4 Å². The zero-order valence-electron chi connectivity index (χ0n) is 12.5. The molecule has 0 bridgehead atoms. The average molecular weight is 319 g/mol. The third-order valence-corrected chi connectivity index (χ3v) is 3.29. The first-order valence-corrected chi connectivity index (χ1v) is 7.15. The van der Waals surface area contributed by atoms with Crippen LogP contribution in [0.5, 0.6) is 0 Å². The largest absolute Gasteiger partial charge is 0.481 e. The van der Waals surface area contributed by atoms with Crippen LogP contribution in [-0.4, -0.2) is 43.5 Å². The zero-order valence-corrected chi connectivity index (χ0v) is 12.5. The second kappa shape index (κ2) is 6.91. The molecule has 8 heteroatoms. The van der Waals surface area contributed by atoms with Crippen LogP contribution in [0.15, 0.2) is 24.4 Å². The molecule has 0 fully saturated rings. The second-order valence-corrected chi connectivity index (χ2v) is 5.05. The Bertz CT molecular complexity index is 753. The first kappa shape index (κ1) is 16.5. The van der Waals surface area contributed by atoms with Gasteiger partial charge in [0, 0.05) is 6.20 Å². The van der Waals surface area contributed by atoms with Crippen molar-refractivity contribution in [3.63, 3.8) is 0 Å². The van der Waals surface area contributed by atoms with Crippen molar-refractivity contribution in [3.8, 4) is 0 Å². The Morgan fingerprint density at radius 1 is 1.30 bits per heavy atom. The van der Waals surface area contributed by atoms with Crippen LogP contribution in [0.3, 0.4) is 0 Å². The van der Waals surface area contributed by atoms with Crippen molar-refractivity contribution in [2.75, 3.05) is 0 Å². The first-order chi connectivity index (χ1) is 10.9. The van der Waals surface area contributed by atoms with Crippen molar-refractivity contribution in [2.24, 2.45) is 0 Å². The van der Waals surface area contributed by atoms with Crippen LogP contribution in [0.1, 0.15) is 35.9 Å². The smallest absolute Gasteiger partial charge is 0.326 e. The number of amides is 1. The summed E-state index contributed by atoms with van der Waals surface area (Å²) >= 11 is 0. The molecule has 0 aliphatic rings. The van der Waals surface area contributed by atoms with Gasteiger partial charge < -0.3 is 15.5 Å². The number of aliphatic carboxylic acids is 2. The number of nitrogens with zero attached hydrogens (tertiary/aromatic N) is 2. The molecule has 0 aromatic carbocycles. The van der Waals surface area contributed by atoms with Crippen LogP contribution in [0.4, 0.5) is 0 Å². The molecular formula is C15H17N3O5. The van der Waals surface area contributed by atoms with Gasteiger partial charge in [0.2, 0.25) is 0 Å². The van der Waals surface area contributed by atoms with Crippen molar-refractivity contribution in [3.05, 3.63) is 35.8 Å². The molecule has 3 N–H and O–H groups in total. The van der Waals surface area contributed by atoms with Crippen LogP contribution in [0.25, 0.3) is 5.65 Å². The molecule has 1 amide bonds. The molecule has 0 saturated heterocycles. The lowest BCUT2D eigenvalue weighted by Crippen LogP contribution is -2.42. The molecule has 2 heterocycles. The molecule has 0 radical (unpaired) electrons. The van der Waals surface area contributed by atoms with Gasteiger partial charge >= 0.3 is 11.9 Å². The Labute approximate surface area is 131 Å². The van der Waals surface area contributed by atoms with Gasteiger partial charge in [-0.05, 0) is 18.6 Å². The van der Waals surface area contributed by atoms with Crippen molar-refractivity contribution in [2.45, 2.75) is 32.2 Å². The minimum Gasteiger partial charge on any atom is -0.481 e. The van der Waals surface area contributed by atoms with E-state index >= 15 is 0 Å². The highest BCUT2D eigenvalue weighted by atomic mass is 16.4. The summed E-state index contributed by atoms with van der Waals surface area (Å²) in [5, 5.41) is 20.1. The second-order valence-electron chi connectivity index (χ2n) is 5.05. The summed E-state index contributed by atoms with van der Waals surface area (Å²) in [5.74, 6) is -3.35. The number of carboxylic acids is 2. The number of fused-ring (bicyclic) bond motifs is 1. The Morgan fingerprint density at radius 3 is 2.65 bits per heavy atom. The van der Waals surface area contributed by atoms with Gasteiger partial charge in [-0.25, -0.2) is 9.78 Å². The van der Waals surface area contributed by atoms with E-state index in [0.717, 1.165) is 6.42 Å². The molecule has 0 saturated carbocycles. The predicted molar refractivity (Wildman–Crippen MR) is 80.3 cm³/mol. The van der Waals surface area contributed by atoms with Gasteiger partial charge in [-0.3, -0.25) is 14.0 Å². The van der Waals surface area contributed by atoms with Gasteiger partial charge in [-0.15, -0.1) is 0 Å². The van der Waals surface area contributed by atoms with Gasteiger partial charge in [0.05, 0.1) is 12.1 Å². The highest BCUT2D eigenvalue weighted by molar-refractivity contribution is 5.97. The molecule has 1 atom stereocenters. The lowest BCUT2D eigenvalue weighted by atomic mass is 10.1. The molecule has 0 aliphatic carbocycles. The summed E-state index contributed by atoms with van der Waals surface area (Å²) in [6.45, 7) is 1.94. The minimum atomic E-state index is -1.50. The number of imidazole rings is 1. The summed E-state index contributed by atoms with van der Waals surface area (Å²) < 4.78 is 1.57. The van der Waals surface area contributed by atoms with E-state index in [4.69, 9.17) is 10.2 Å². The zero-order chi connectivity index (χ0) is 17.0. The lowest BCUT2D eigenvalue weighted by molar-refractivity contribution is -0.145. The number of aromatic nitrogens is 2. The van der Waals surface area contributed by atoms with E-state index in [-0.39, 0.29) is 5.69 Å². The summed E-state index contributed by atoms with van der Waals surface area (Å²) in [4.78, 5) is 38.7. The quantitative estimate of drug-likeness (QED) is 0.698. The topological polar surface area (TPSA) is 121 Å². The summed E-state index contributed by atoms with van der Waals surface area (Å²) in [7, 11) is 0. The predicted octanol–water partition coefficient (Wildman–Crippen LogP) is 0.945. The number of aryl methyl sites for hydroxylation is 1. The van der Waals surface area contributed by atoms with Crippen LogP contribution >= 0.6 is 0 Å². The SMILES string of the molecule is CCCc1nc2ccccn2c1C(=O)NC(CC(=O)O)C(=O)O. The number of hydrogen-bond acceptors (Lipinski definition) is 4. The molecule has 0 spiro atoms. The highest BCUT2D eigenvalue weighted by Gasteiger charge is 2.26. The molecule has 0 aliphatic heterocycles. The van der Waals surface area contributed by atoms with E-state index < -0.39 is 30.3 Å². The fourth-order valence-electron chi connectivity index (χ4n) is 2.30. The number of carboxylic acid groups (broad SMARTS) is 2. The molecule has 8 nitrogen and oxygen atoms in total. The van der Waals surface area contributed by atoms with Crippen molar-refractivity contribution >= 4 is 23.5 Å². The fourth-order valence-corrected chi connectivity index (χ4v) is 2.30. The van der Waals surface area contributed by atoms with Gasteiger partial charge in [0.25, 0.3) is 5.91 Å². The molecule has 2 aromatic heterocycles. The number of nitrogens with one attached hydrogen (secondary N) is 1. The highest BCUT2D eigenvalue weighted by Crippen LogP contribution is 2.15. The van der Waals surface area contributed by atoms with E-state index in [1.165, 1.54) is 0 Å². The third-order valence-electron chi connectivity index (χ3n) is 3.29. The van der Waals surface area contributed by atoms with Crippen LogP contribution in [0, 0.1) is 0 Å². The molecule has 2 rings (SSSR count). The van der Waals surface area contributed by atoms with Gasteiger partial charge in [-0.2, -0.15) is 0 Å². The number of carbonyl (C=O) groups is 3. The van der Waals surface area contributed by atoms with Crippen LogP contribution in [0.2, 0.25) is 0 Å². The van der Waals surface area contributed by atoms with Crippen LogP contribution < -0.4 is 5.32 Å².